The third-order valence-corrected chi connectivity index (χ3v) is 5.26. The molecule has 1 aliphatic rings. The first-order valence-corrected chi connectivity index (χ1v) is 8.69. The van der Waals surface area contributed by atoms with Gasteiger partial charge in [-0.15, -0.1) is 0 Å². The smallest absolute Gasteiger partial charge is 0.213 e. The Hall–Kier alpha value is -2.94. The van der Waals surface area contributed by atoms with Crippen molar-refractivity contribution in [1.82, 2.24) is 9.55 Å². The van der Waals surface area contributed by atoms with Crippen molar-refractivity contribution >= 4 is 11.0 Å². The summed E-state index contributed by atoms with van der Waals surface area (Å²) in [5.41, 5.74) is 10.1. The molecule has 0 fully saturated rings. The van der Waals surface area contributed by atoms with Crippen LogP contribution in [-0.2, 0) is 13.5 Å². The Morgan fingerprint density at radius 1 is 1.04 bits per heavy atom. The SMILES string of the molecule is Cc1cc[n+](C)c(-c2c(C)ccc3c2Cc2nc4ccccc4n2-3)c1. The maximum atomic E-state index is 4.87. The molecule has 0 atom stereocenters. The molecule has 0 amide bonds. The van der Waals surface area contributed by atoms with Crippen LogP contribution in [0.25, 0.3) is 28.0 Å². The average Bonchev–Trinajstić information content (AvgIpc) is 3.13. The number of nitrogens with zero attached hydrogens (tertiary/aromatic N) is 3. The molecule has 0 aliphatic carbocycles. The molecule has 0 unspecified atom stereocenters. The molecule has 5 rings (SSSR count). The van der Waals surface area contributed by atoms with Crippen LogP contribution in [0.1, 0.15) is 22.5 Å². The van der Waals surface area contributed by atoms with E-state index in [2.05, 4.69) is 84.8 Å². The highest BCUT2D eigenvalue weighted by Gasteiger charge is 2.28. The molecule has 2 aromatic carbocycles. The summed E-state index contributed by atoms with van der Waals surface area (Å²) < 4.78 is 4.54. The fraction of sp³-hybridized carbons (Fsp3) is 0.182. The van der Waals surface area contributed by atoms with Gasteiger partial charge in [0.1, 0.15) is 12.9 Å². The second-order valence-electron chi connectivity index (χ2n) is 6.98. The molecule has 0 saturated heterocycles. The summed E-state index contributed by atoms with van der Waals surface area (Å²) in [6.07, 6.45) is 3.03. The zero-order valence-corrected chi connectivity index (χ0v) is 14.7. The molecule has 0 N–H and O–H groups in total. The van der Waals surface area contributed by atoms with Gasteiger partial charge in [-0.05, 0) is 48.7 Å². The van der Waals surface area contributed by atoms with E-state index in [0.29, 0.717) is 0 Å². The monoisotopic (exact) mass is 326 g/mol. The number of hydrogen-bond acceptors (Lipinski definition) is 1. The predicted octanol–water partition coefficient (Wildman–Crippen LogP) is 4.04. The van der Waals surface area contributed by atoms with Gasteiger partial charge in [-0.2, -0.15) is 0 Å². The molecule has 4 aromatic rings. The molecule has 122 valence electrons. The minimum absolute atomic E-state index is 0.884. The van der Waals surface area contributed by atoms with Crippen molar-refractivity contribution < 1.29 is 4.57 Å². The summed E-state index contributed by atoms with van der Waals surface area (Å²) >= 11 is 0. The van der Waals surface area contributed by atoms with E-state index in [9.17, 15) is 0 Å². The average molecular weight is 326 g/mol. The highest BCUT2D eigenvalue weighted by molar-refractivity contribution is 5.82. The summed E-state index contributed by atoms with van der Waals surface area (Å²) in [5.74, 6) is 1.14. The van der Waals surface area contributed by atoms with Crippen molar-refractivity contribution in [1.29, 1.82) is 0 Å². The minimum Gasteiger partial charge on any atom is -0.296 e. The fourth-order valence-corrected chi connectivity index (χ4v) is 4.04. The van der Waals surface area contributed by atoms with Crippen LogP contribution < -0.4 is 4.57 Å². The van der Waals surface area contributed by atoms with Crippen LogP contribution in [0, 0.1) is 13.8 Å². The van der Waals surface area contributed by atoms with Gasteiger partial charge < -0.3 is 0 Å². The largest absolute Gasteiger partial charge is 0.296 e. The lowest BCUT2D eigenvalue weighted by atomic mass is 9.95. The summed E-state index contributed by atoms with van der Waals surface area (Å²) in [6.45, 7) is 4.36. The Balaban J connectivity index is 1.82. The maximum absolute atomic E-state index is 4.87. The van der Waals surface area contributed by atoms with E-state index in [-0.39, 0.29) is 0 Å². The lowest BCUT2D eigenvalue weighted by Crippen LogP contribution is -2.31. The van der Waals surface area contributed by atoms with Gasteiger partial charge in [0.2, 0.25) is 5.69 Å². The van der Waals surface area contributed by atoms with Gasteiger partial charge in [0.15, 0.2) is 6.20 Å². The zero-order valence-electron chi connectivity index (χ0n) is 14.7. The zero-order chi connectivity index (χ0) is 17.1. The first kappa shape index (κ1) is 14.4. The fourth-order valence-electron chi connectivity index (χ4n) is 4.04. The van der Waals surface area contributed by atoms with Gasteiger partial charge in [-0.3, -0.25) is 4.57 Å². The van der Waals surface area contributed by atoms with Crippen molar-refractivity contribution in [2.45, 2.75) is 20.3 Å². The Morgan fingerprint density at radius 3 is 2.76 bits per heavy atom. The Bertz CT molecular complexity index is 1150. The molecule has 0 bridgehead atoms. The predicted molar refractivity (Wildman–Crippen MR) is 100.0 cm³/mol. The van der Waals surface area contributed by atoms with E-state index < -0.39 is 0 Å². The topological polar surface area (TPSA) is 21.7 Å². The molecule has 0 saturated carbocycles. The van der Waals surface area contributed by atoms with Gasteiger partial charge in [0, 0.05) is 18.6 Å². The first-order chi connectivity index (χ1) is 12.1. The van der Waals surface area contributed by atoms with E-state index in [1.54, 1.807) is 0 Å². The van der Waals surface area contributed by atoms with Crippen LogP contribution in [0.15, 0.2) is 54.7 Å². The number of benzene rings is 2. The number of fused-ring (bicyclic) bond motifs is 5. The molecular formula is C22H20N3+. The van der Waals surface area contributed by atoms with Crippen molar-refractivity contribution in [2.75, 3.05) is 0 Å². The molecule has 25 heavy (non-hydrogen) atoms. The molecular weight excluding hydrogens is 306 g/mol. The highest BCUT2D eigenvalue weighted by Crippen LogP contribution is 2.38. The Labute approximate surface area is 147 Å². The van der Waals surface area contributed by atoms with Crippen LogP contribution in [0.4, 0.5) is 0 Å². The summed E-state index contributed by atoms with van der Waals surface area (Å²) in [7, 11) is 2.12. The van der Waals surface area contributed by atoms with E-state index in [1.165, 1.54) is 39.2 Å². The van der Waals surface area contributed by atoms with Crippen LogP contribution in [0.5, 0.6) is 0 Å². The van der Waals surface area contributed by atoms with Gasteiger partial charge in [0.05, 0.1) is 22.3 Å². The third kappa shape index (κ3) is 1.99. The van der Waals surface area contributed by atoms with Crippen LogP contribution >= 0.6 is 0 Å². The first-order valence-electron chi connectivity index (χ1n) is 8.69. The quantitative estimate of drug-likeness (QED) is 0.426. The number of aromatic nitrogens is 3. The highest BCUT2D eigenvalue weighted by atomic mass is 15.1. The minimum atomic E-state index is 0.884. The van der Waals surface area contributed by atoms with Crippen molar-refractivity contribution in [3.05, 3.63) is 77.2 Å². The molecule has 0 radical (unpaired) electrons. The molecule has 3 heterocycles. The lowest BCUT2D eigenvalue weighted by molar-refractivity contribution is -0.660. The molecule has 0 spiro atoms. The summed E-state index contributed by atoms with van der Waals surface area (Å²) in [6, 6.07) is 17.3. The number of aryl methyl sites for hydroxylation is 3. The van der Waals surface area contributed by atoms with Crippen LogP contribution in [0.2, 0.25) is 0 Å². The number of rotatable bonds is 1. The second-order valence-corrected chi connectivity index (χ2v) is 6.98. The number of para-hydroxylation sites is 2. The van der Waals surface area contributed by atoms with Gasteiger partial charge >= 0.3 is 0 Å². The van der Waals surface area contributed by atoms with Gasteiger partial charge in [0.25, 0.3) is 0 Å². The second kappa shape index (κ2) is 5.03. The summed E-state index contributed by atoms with van der Waals surface area (Å²) in [4.78, 5) is 4.87. The lowest BCUT2D eigenvalue weighted by Gasteiger charge is -2.12. The standard InChI is InChI=1S/C22H20N3/c1-14-10-11-24(3)20(12-14)22-15(2)8-9-18-16(22)13-21-23-17-6-4-5-7-19(17)25(18)21/h4-12H,13H2,1-3H3/q+1. The normalized spacial score (nSPS) is 12.4. The van der Waals surface area contributed by atoms with Crippen LogP contribution in [-0.4, -0.2) is 9.55 Å². The number of pyridine rings is 1. The molecule has 3 nitrogen and oxygen atoms in total. The van der Waals surface area contributed by atoms with Gasteiger partial charge in [-0.25, -0.2) is 9.55 Å². The van der Waals surface area contributed by atoms with E-state index >= 15 is 0 Å². The Morgan fingerprint density at radius 2 is 1.88 bits per heavy atom. The van der Waals surface area contributed by atoms with E-state index in [1.807, 2.05) is 0 Å². The van der Waals surface area contributed by atoms with E-state index in [4.69, 9.17) is 4.98 Å². The van der Waals surface area contributed by atoms with Crippen molar-refractivity contribution in [3.63, 3.8) is 0 Å². The van der Waals surface area contributed by atoms with Gasteiger partial charge in [-0.1, -0.05) is 18.2 Å². The van der Waals surface area contributed by atoms with Crippen LogP contribution in [0.3, 0.4) is 0 Å². The number of imidazole rings is 1. The van der Waals surface area contributed by atoms with Crippen molar-refractivity contribution in [2.24, 2.45) is 7.05 Å². The third-order valence-electron chi connectivity index (χ3n) is 5.26. The van der Waals surface area contributed by atoms with Crippen molar-refractivity contribution in [3.8, 4) is 16.9 Å². The molecule has 3 heteroatoms. The summed E-state index contributed by atoms with van der Waals surface area (Å²) in [5, 5.41) is 0. The number of hydrogen-bond donors (Lipinski definition) is 0. The Kier molecular flexibility index (Phi) is 2.90. The molecule has 1 aliphatic heterocycles. The molecule has 2 aromatic heterocycles. The maximum Gasteiger partial charge on any atom is 0.213 e. The van der Waals surface area contributed by atoms with E-state index in [0.717, 1.165) is 17.8 Å².